The van der Waals surface area contributed by atoms with Gasteiger partial charge in [-0.05, 0) is 20.3 Å². The third kappa shape index (κ3) is 3.24. The molecule has 1 unspecified atom stereocenters. The van der Waals surface area contributed by atoms with Crippen LogP contribution in [-0.4, -0.2) is 17.6 Å². The highest BCUT2D eigenvalue weighted by molar-refractivity contribution is 8.78. The molecule has 0 fully saturated rings. The summed E-state index contributed by atoms with van der Waals surface area (Å²) in [6, 6.07) is 0. The van der Waals surface area contributed by atoms with E-state index in [1.165, 1.54) is 4.91 Å². The number of ether oxygens (including phenoxy) is 1. The van der Waals surface area contributed by atoms with E-state index in [0.29, 0.717) is 0 Å². The van der Waals surface area contributed by atoms with Crippen LogP contribution in [0.3, 0.4) is 0 Å². The molecule has 0 amide bonds. The van der Waals surface area contributed by atoms with Crippen molar-refractivity contribution in [3.8, 4) is 0 Å². The lowest BCUT2D eigenvalue weighted by atomic mass is 10.2. The van der Waals surface area contributed by atoms with Crippen molar-refractivity contribution in [2.45, 2.75) is 38.9 Å². The second kappa shape index (κ2) is 5.71. The maximum Gasteiger partial charge on any atom is 0.143 e. The van der Waals surface area contributed by atoms with Crippen molar-refractivity contribution in [3.05, 3.63) is 10.7 Å². The second-order valence-electron chi connectivity index (χ2n) is 3.26. The molecular weight excluding hydrogens is 216 g/mol. The molecule has 1 atom stereocenters. The fourth-order valence-electron chi connectivity index (χ4n) is 1.19. The highest BCUT2D eigenvalue weighted by atomic mass is 33.1. The molecule has 4 heteroatoms. The van der Waals surface area contributed by atoms with Gasteiger partial charge in [0.2, 0.25) is 0 Å². The minimum absolute atomic E-state index is 0.126. The van der Waals surface area contributed by atoms with E-state index in [-0.39, 0.29) is 11.0 Å². The number of ketones is 1. The summed E-state index contributed by atoms with van der Waals surface area (Å²) in [5.41, 5.74) is 0. The van der Waals surface area contributed by atoms with Crippen LogP contribution < -0.4 is 0 Å². The van der Waals surface area contributed by atoms with E-state index in [2.05, 4.69) is 0 Å². The molecule has 0 N–H and O–H groups in total. The summed E-state index contributed by atoms with van der Waals surface area (Å²) in [6.45, 7) is 6.50. The molecule has 14 heavy (non-hydrogen) atoms. The summed E-state index contributed by atoms with van der Waals surface area (Å²) in [4.78, 5) is 12.5. The second-order valence-corrected chi connectivity index (χ2v) is 5.76. The summed E-state index contributed by atoms with van der Waals surface area (Å²) in [5, 5.41) is 0.126. The zero-order valence-corrected chi connectivity index (χ0v) is 10.5. The average molecular weight is 232 g/mol. The quantitative estimate of drug-likeness (QED) is 0.679. The molecule has 1 aliphatic rings. The molecule has 0 radical (unpaired) electrons. The fraction of sp³-hybridized carbons (Fsp3) is 0.700. The first-order valence-corrected chi connectivity index (χ1v) is 7.02. The maximum atomic E-state index is 11.2. The van der Waals surface area contributed by atoms with Gasteiger partial charge in [-0.2, -0.15) is 0 Å². The smallest absolute Gasteiger partial charge is 0.143 e. The zero-order valence-electron chi connectivity index (χ0n) is 8.83. The maximum absolute atomic E-state index is 11.2. The topological polar surface area (TPSA) is 26.3 Å². The molecule has 0 saturated carbocycles. The Kier molecular flexibility index (Phi) is 4.89. The van der Waals surface area contributed by atoms with Gasteiger partial charge in [-0.1, -0.05) is 28.5 Å². The van der Waals surface area contributed by atoms with E-state index >= 15 is 0 Å². The normalized spacial score (nSPS) is 18.2. The van der Waals surface area contributed by atoms with Gasteiger partial charge in [-0.25, -0.2) is 0 Å². The molecule has 0 saturated heterocycles. The Morgan fingerprint density at radius 1 is 1.64 bits per heavy atom. The Labute approximate surface area is 93.2 Å². The highest BCUT2D eigenvalue weighted by Gasteiger charge is 2.17. The first-order chi connectivity index (χ1) is 6.65. The summed E-state index contributed by atoms with van der Waals surface area (Å²) in [6.07, 6.45) is 1.90. The predicted octanol–water partition coefficient (Wildman–Crippen LogP) is 3.39. The lowest BCUT2D eigenvalue weighted by Gasteiger charge is -2.09. The number of carbonyl (C=O) groups excluding carboxylic acids is 1. The van der Waals surface area contributed by atoms with Crippen LogP contribution in [0.5, 0.6) is 0 Å². The molecule has 1 rings (SSSR count). The number of Topliss-reactive ketones (excluding diaryl/α,β-unsaturated/α-hetero) is 1. The number of carbonyl (C=O) groups is 1. The third-order valence-electron chi connectivity index (χ3n) is 2.13. The minimum Gasteiger partial charge on any atom is -0.497 e. The first kappa shape index (κ1) is 12.0. The first-order valence-electron chi connectivity index (χ1n) is 4.81. The zero-order chi connectivity index (χ0) is 10.6. The summed E-state index contributed by atoms with van der Waals surface area (Å²) in [5.74, 6) is 1.29. The van der Waals surface area contributed by atoms with E-state index in [9.17, 15) is 4.79 Å². The van der Waals surface area contributed by atoms with E-state index in [1.54, 1.807) is 28.5 Å². The van der Waals surface area contributed by atoms with E-state index in [0.717, 1.165) is 25.2 Å². The minimum atomic E-state index is 0.126. The Bertz CT molecular complexity index is 249. The summed E-state index contributed by atoms with van der Waals surface area (Å²) >= 11 is 0. The molecule has 0 aromatic rings. The Morgan fingerprint density at radius 3 is 2.79 bits per heavy atom. The van der Waals surface area contributed by atoms with Crippen LogP contribution in [0.4, 0.5) is 0 Å². The number of allylic oxidation sites excluding steroid dienone is 1. The van der Waals surface area contributed by atoms with Gasteiger partial charge in [0, 0.05) is 11.3 Å². The van der Waals surface area contributed by atoms with E-state index in [4.69, 9.17) is 4.74 Å². The predicted molar refractivity (Wildman–Crippen MR) is 63.2 cm³/mol. The highest BCUT2D eigenvalue weighted by Crippen LogP contribution is 2.40. The summed E-state index contributed by atoms with van der Waals surface area (Å²) in [7, 11) is 3.36. The largest absolute Gasteiger partial charge is 0.497 e. The average Bonchev–Trinajstić information content (AvgIpc) is 2.52. The SMILES string of the molecule is CCC(SSC1=C(C)OCC1)C(C)=O. The van der Waals surface area contributed by atoms with Crippen LogP contribution in [0, 0.1) is 0 Å². The monoisotopic (exact) mass is 232 g/mol. The van der Waals surface area contributed by atoms with Crippen LogP contribution in [0.1, 0.15) is 33.6 Å². The Morgan fingerprint density at radius 2 is 2.36 bits per heavy atom. The molecule has 2 nitrogen and oxygen atoms in total. The van der Waals surface area contributed by atoms with Crippen LogP contribution >= 0.6 is 21.6 Å². The molecule has 0 spiro atoms. The molecule has 1 aliphatic heterocycles. The van der Waals surface area contributed by atoms with Crippen molar-refractivity contribution in [3.63, 3.8) is 0 Å². The van der Waals surface area contributed by atoms with Gasteiger partial charge in [-0.15, -0.1) is 0 Å². The van der Waals surface area contributed by atoms with Crippen molar-refractivity contribution >= 4 is 27.4 Å². The van der Waals surface area contributed by atoms with Crippen LogP contribution in [-0.2, 0) is 9.53 Å². The molecule has 0 aromatic carbocycles. The van der Waals surface area contributed by atoms with Gasteiger partial charge >= 0.3 is 0 Å². The van der Waals surface area contributed by atoms with Crippen molar-refractivity contribution in [1.29, 1.82) is 0 Å². The molecule has 80 valence electrons. The summed E-state index contributed by atoms with van der Waals surface area (Å²) < 4.78 is 5.35. The van der Waals surface area contributed by atoms with E-state index < -0.39 is 0 Å². The van der Waals surface area contributed by atoms with Crippen molar-refractivity contribution in [2.75, 3.05) is 6.61 Å². The van der Waals surface area contributed by atoms with Gasteiger partial charge in [0.15, 0.2) is 0 Å². The van der Waals surface area contributed by atoms with Gasteiger partial charge in [0.1, 0.15) is 11.5 Å². The fourth-order valence-corrected chi connectivity index (χ4v) is 4.15. The van der Waals surface area contributed by atoms with Crippen LogP contribution in [0.2, 0.25) is 0 Å². The molecule has 0 bridgehead atoms. The van der Waals surface area contributed by atoms with Gasteiger partial charge in [-0.3, -0.25) is 4.79 Å². The van der Waals surface area contributed by atoms with Gasteiger partial charge < -0.3 is 4.74 Å². The number of hydrogen-bond donors (Lipinski definition) is 0. The third-order valence-corrected chi connectivity index (χ3v) is 5.41. The lowest BCUT2D eigenvalue weighted by Crippen LogP contribution is -2.10. The lowest BCUT2D eigenvalue weighted by molar-refractivity contribution is -0.116. The Hall–Kier alpha value is -0.0900. The number of hydrogen-bond acceptors (Lipinski definition) is 4. The van der Waals surface area contributed by atoms with Crippen molar-refractivity contribution < 1.29 is 9.53 Å². The van der Waals surface area contributed by atoms with Gasteiger partial charge in [0.25, 0.3) is 0 Å². The van der Waals surface area contributed by atoms with Crippen LogP contribution in [0.25, 0.3) is 0 Å². The number of rotatable bonds is 5. The standard InChI is InChI=1S/C10H16O2S2/c1-4-9(7(2)11)13-14-10-5-6-12-8(10)3/h9H,4-6H2,1-3H3. The Balaban J connectivity index is 2.39. The molecule has 1 heterocycles. The van der Waals surface area contributed by atoms with Gasteiger partial charge in [0.05, 0.1) is 11.9 Å². The van der Waals surface area contributed by atoms with Crippen molar-refractivity contribution in [2.24, 2.45) is 0 Å². The molecule has 0 aromatic heterocycles. The van der Waals surface area contributed by atoms with Crippen molar-refractivity contribution in [1.82, 2.24) is 0 Å². The molecular formula is C10H16O2S2. The van der Waals surface area contributed by atoms with Crippen LogP contribution in [0.15, 0.2) is 10.7 Å². The van der Waals surface area contributed by atoms with E-state index in [1.807, 2.05) is 13.8 Å². The molecule has 0 aliphatic carbocycles.